The lowest BCUT2D eigenvalue weighted by atomic mass is 9.97. The lowest BCUT2D eigenvalue weighted by molar-refractivity contribution is 0.266. The summed E-state index contributed by atoms with van der Waals surface area (Å²) < 4.78 is 2.33. The lowest BCUT2D eigenvalue weighted by Gasteiger charge is -2.33. The van der Waals surface area contributed by atoms with Crippen molar-refractivity contribution in [3.05, 3.63) is 24.0 Å². The molecule has 2 aromatic rings. The molecule has 27 heavy (non-hydrogen) atoms. The van der Waals surface area contributed by atoms with Gasteiger partial charge in [-0.15, -0.1) is 10.2 Å². The maximum atomic E-state index is 9.62. The summed E-state index contributed by atoms with van der Waals surface area (Å²) >= 11 is 0. The van der Waals surface area contributed by atoms with Crippen LogP contribution in [-0.4, -0.2) is 62.1 Å². The van der Waals surface area contributed by atoms with Gasteiger partial charge in [0, 0.05) is 44.6 Å². The summed E-state index contributed by atoms with van der Waals surface area (Å²) in [6, 6.07) is 2.27. The second kappa shape index (κ2) is 7.07. The van der Waals surface area contributed by atoms with Gasteiger partial charge in [0.15, 0.2) is 0 Å². The van der Waals surface area contributed by atoms with E-state index in [1.165, 1.54) is 6.42 Å². The van der Waals surface area contributed by atoms with Crippen LogP contribution in [0.3, 0.4) is 0 Å². The number of aromatic nitrogens is 5. The van der Waals surface area contributed by atoms with E-state index in [0.29, 0.717) is 5.92 Å². The first-order chi connectivity index (χ1) is 13.3. The first-order valence-electron chi connectivity index (χ1n) is 10.2. The first-order valence-corrected chi connectivity index (χ1v) is 10.2. The Labute approximate surface area is 159 Å². The van der Waals surface area contributed by atoms with Crippen LogP contribution in [0.5, 0.6) is 0 Å². The van der Waals surface area contributed by atoms with E-state index in [1.807, 2.05) is 0 Å². The molecule has 2 atom stereocenters. The molecule has 8 nitrogen and oxygen atoms in total. The average Bonchev–Trinajstić information content (AvgIpc) is 3.44. The van der Waals surface area contributed by atoms with E-state index in [0.717, 1.165) is 81.6 Å². The molecular formula is C19H27N7O. The summed E-state index contributed by atoms with van der Waals surface area (Å²) in [7, 11) is 0. The van der Waals surface area contributed by atoms with Crippen molar-refractivity contribution in [2.75, 3.05) is 36.0 Å². The monoisotopic (exact) mass is 369 g/mol. The average molecular weight is 369 g/mol. The molecule has 8 heteroatoms. The minimum Gasteiger partial charge on any atom is -0.394 e. The fourth-order valence-electron chi connectivity index (χ4n) is 4.87. The van der Waals surface area contributed by atoms with Gasteiger partial charge >= 0.3 is 0 Å². The van der Waals surface area contributed by atoms with E-state index < -0.39 is 0 Å². The number of anilines is 2. The molecule has 0 aromatic carbocycles. The zero-order valence-electron chi connectivity index (χ0n) is 15.7. The van der Waals surface area contributed by atoms with Crippen LogP contribution >= 0.6 is 0 Å². The van der Waals surface area contributed by atoms with E-state index in [4.69, 9.17) is 0 Å². The summed E-state index contributed by atoms with van der Waals surface area (Å²) in [6.45, 7) is 4.14. The van der Waals surface area contributed by atoms with Crippen molar-refractivity contribution in [3.8, 4) is 0 Å². The molecule has 3 aliphatic rings. The molecule has 2 aromatic heterocycles. The highest BCUT2D eigenvalue weighted by molar-refractivity contribution is 5.51. The van der Waals surface area contributed by atoms with E-state index in [1.54, 1.807) is 6.33 Å². The van der Waals surface area contributed by atoms with Crippen molar-refractivity contribution >= 4 is 11.6 Å². The number of aryl methyl sites for hydroxylation is 1. The Hall–Kier alpha value is -2.22. The molecule has 0 radical (unpaired) electrons. The second-order valence-electron chi connectivity index (χ2n) is 7.92. The molecule has 0 spiro atoms. The van der Waals surface area contributed by atoms with E-state index in [-0.39, 0.29) is 12.6 Å². The Morgan fingerprint density at radius 1 is 1.00 bits per heavy atom. The van der Waals surface area contributed by atoms with Gasteiger partial charge in [0.05, 0.1) is 12.6 Å². The SMILES string of the molecule is OCC1CCCN1c1cc(N2CCCC(c3nnc4n3CCC4)C2)ncn1. The smallest absolute Gasteiger partial charge is 0.137 e. The topological polar surface area (TPSA) is 83.2 Å². The van der Waals surface area contributed by atoms with Gasteiger partial charge < -0.3 is 19.5 Å². The fraction of sp³-hybridized carbons (Fsp3) is 0.684. The van der Waals surface area contributed by atoms with Gasteiger partial charge in [-0.1, -0.05) is 0 Å². The molecule has 2 unspecified atom stereocenters. The van der Waals surface area contributed by atoms with Crippen LogP contribution < -0.4 is 9.80 Å². The maximum Gasteiger partial charge on any atom is 0.137 e. The number of rotatable bonds is 4. The Kier molecular flexibility index (Phi) is 4.43. The number of aliphatic hydroxyl groups excluding tert-OH is 1. The van der Waals surface area contributed by atoms with E-state index >= 15 is 0 Å². The summed E-state index contributed by atoms with van der Waals surface area (Å²) in [5, 5.41) is 18.5. The minimum atomic E-state index is 0.181. The predicted octanol–water partition coefficient (Wildman–Crippen LogP) is 1.36. The van der Waals surface area contributed by atoms with Gasteiger partial charge in [-0.05, 0) is 32.1 Å². The number of fused-ring (bicyclic) bond motifs is 1. The molecule has 0 amide bonds. The van der Waals surface area contributed by atoms with Gasteiger partial charge in [0.25, 0.3) is 0 Å². The molecule has 0 bridgehead atoms. The van der Waals surface area contributed by atoms with E-state index in [9.17, 15) is 5.11 Å². The molecule has 0 saturated carbocycles. The van der Waals surface area contributed by atoms with Crippen LogP contribution in [0, 0.1) is 0 Å². The van der Waals surface area contributed by atoms with Crippen molar-refractivity contribution in [1.82, 2.24) is 24.7 Å². The number of hydrogen-bond donors (Lipinski definition) is 1. The third kappa shape index (κ3) is 3.05. The van der Waals surface area contributed by atoms with Crippen molar-refractivity contribution in [2.24, 2.45) is 0 Å². The lowest BCUT2D eigenvalue weighted by Crippen LogP contribution is -2.37. The van der Waals surface area contributed by atoms with Gasteiger partial charge in [-0.3, -0.25) is 0 Å². The molecular weight excluding hydrogens is 342 g/mol. The molecule has 2 saturated heterocycles. The number of aliphatic hydroxyl groups is 1. The molecule has 3 aliphatic heterocycles. The summed E-state index contributed by atoms with van der Waals surface area (Å²) in [4.78, 5) is 13.6. The van der Waals surface area contributed by atoms with Gasteiger partial charge in [-0.25, -0.2) is 9.97 Å². The Bertz CT molecular complexity index is 807. The fourth-order valence-corrected chi connectivity index (χ4v) is 4.87. The molecule has 5 rings (SSSR count). The van der Waals surface area contributed by atoms with Crippen LogP contribution in [0.25, 0.3) is 0 Å². The number of nitrogens with zero attached hydrogens (tertiary/aromatic N) is 7. The Balaban J connectivity index is 1.36. The Morgan fingerprint density at radius 2 is 1.89 bits per heavy atom. The van der Waals surface area contributed by atoms with Gasteiger partial charge in [0.1, 0.15) is 29.6 Å². The molecule has 0 aliphatic carbocycles. The van der Waals surface area contributed by atoms with Gasteiger partial charge in [0.2, 0.25) is 0 Å². The van der Waals surface area contributed by atoms with Crippen molar-refractivity contribution in [3.63, 3.8) is 0 Å². The van der Waals surface area contributed by atoms with Crippen molar-refractivity contribution in [2.45, 2.75) is 57.0 Å². The van der Waals surface area contributed by atoms with Crippen molar-refractivity contribution < 1.29 is 5.11 Å². The van der Waals surface area contributed by atoms with E-state index in [2.05, 4.69) is 40.6 Å². The highest BCUT2D eigenvalue weighted by Gasteiger charge is 2.30. The number of piperidine rings is 1. The molecule has 1 N–H and O–H groups in total. The summed E-state index contributed by atoms with van der Waals surface area (Å²) in [5.74, 6) is 4.63. The summed E-state index contributed by atoms with van der Waals surface area (Å²) in [5.41, 5.74) is 0. The minimum absolute atomic E-state index is 0.181. The Morgan fingerprint density at radius 3 is 2.81 bits per heavy atom. The third-order valence-electron chi connectivity index (χ3n) is 6.27. The van der Waals surface area contributed by atoms with Crippen LogP contribution in [0.1, 0.15) is 49.7 Å². The third-order valence-corrected chi connectivity index (χ3v) is 6.27. The van der Waals surface area contributed by atoms with Crippen LogP contribution in [0.15, 0.2) is 12.4 Å². The first kappa shape index (κ1) is 16.9. The standard InChI is InChI=1S/C19H27N7O/c27-12-15-5-2-8-25(15)18-10-17(20-13-21-18)24-7-1-4-14(11-24)19-23-22-16-6-3-9-26(16)19/h10,13-15,27H,1-9,11-12H2. The van der Waals surface area contributed by atoms with Crippen LogP contribution in [0.2, 0.25) is 0 Å². The summed E-state index contributed by atoms with van der Waals surface area (Å²) in [6.07, 6.45) is 8.33. The van der Waals surface area contributed by atoms with Gasteiger partial charge in [-0.2, -0.15) is 0 Å². The largest absolute Gasteiger partial charge is 0.394 e. The van der Waals surface area contributed by atoms with Crippen molar-refractivity contribution in [1.29, 1.82) is 0 Å². The molecule has 5 heterocycles. The quantitative estimate of drug-likeness (QED) is 0.871. The zero-order valence-corrected chi connectivity index (χ0v) is 15.7. The molecule has 2 fully saturated rings. The highest BCUT2D eigenvalue weighted by Crippen LogP contribution is 2.32. The highest BCUT2D eigenvalue weighted by atomic mass is 16.3. The van der Waals surface area contributed by atoms with Crippen LogP contribution in [0.4, 0.5) is 11.6 Å². The maximum absolute atomic E-state index is 9.62. The zero-order chi connectivity index (χ0) is 18.2. The second-order valence-corrected chi connectivity index (χ2v) is 7.92. The normalized spacial score (nSPS) is 25.2. The predicted molar refractivity (Wildman–Crippen MR) is 102 cm³/mol. The van der Waals surface area contributed by atoms with Crippen LogP contribution in [-0.2, 0) is 13.0 Å². The molecule has 144 valence electrons. The number of hydrogen-bond acceptors (Lipinski definition) is 7.